The van der Waals surface area contributed by atoms with Crippen LogP contribution in [0.15, 0.2) is 47.6 Å². The van der Waals surface area contributed by atoms with Gasteiger partial charge in [0.15, 0.2) is 5.96 Å². The number of rotatable bonds is 6. The summed E-state index contributed by atoms with van der Waals surface area (Å²) in [6, 6.07) is 12.2. The molecule has 1 aliphatic heterocycles. The Kier molecular flexibility index (Phi) is 8.63. The number of para-hydroxylation sites is 1. The van der Waals surface area contributed by atoms with Crippen molar-refractivity contribution in [3.8, 4) is 5.75 Å². The van der Waals surface area contributed by atoms with Crippen molar-refractivity contribution in [2.75, 3.05) is 32.1 Å². The predicted molar refractivity (Wildman–Crippen MR) is 121 cm³/mol. The molecule has 0 bridgehead atoms. The largest absolute Gasteiger partial charge is 0.496 e. The van der Waals surface area contributed by atoms with E-state index in [1.54, 1.807) is 14.2 Å². The van der Waals surface area contributed by atoms with Crippen molar-refractivity contribution in [3.63, 3.8) is 0 Å². The first-order chi connectivity index (χ1) is 12.8. The van der Waals surface area contributed by atoms with Gasteiger partial charge in [0.1, 0.15) is 11.6 Å². The lowest BCUT2D eigenvalue weighted by atomic mass is 10.2. The Morgan fingerprint density at radius 2 is 1.85 bits per heavy atom. The van der Waals surface area contributed by atoms with Crippen LogP contribution in [0, 0.1) is 0 Å². The van der Waals surface area contributed by atoms with Gasteiger partial charge in [0.05, 0.1) is 7.11 Å². The van der Waals surface area contributed by atoms with Crippen molar-refractivity contribution in [3.05, 3.63) is 53.7 Å². The lowest BCUT2D eigenvalue weighted by Gasteiger charge is -2.17. The number of aliphatic imine (C=N–C) groups is 1. The van der Waals surface area contributed by atoms with Crippen LogP contribution >= 0.6 is 24.0 Å². The second kappa shape index (κ2) is 11.0. The first kappa shape index (κ1) is 21.3. The van der Waals surface area contributed by atoms with Crippen LogP contribution in [0.5, 0.6) is 5.75 Å². The molecule has 146 valence electrons. The molecule has 27 heavy (non-hydrogen) atoms. The summed E-state index contributed by atoms with van der Waals surface area (Å²) < 4.78 is 5.38. The van der Waals surface area contributed by atoms with Crippen LogP contribution in [0.25, 0.3) is 0 Å². The molecule has 1 aliphatic rings. The van der Waals surface area contributed by atoms with Gasteiger partial charge in [-0.25, -0.2) is 4.98 Å². The molecule has 1 saturated heterocycles. The van der Waals surface area contributed by atoms with E-state index in [-0.39, 0.29) is 24.0 Å². The van der Waals surface area contributed by atoms with Crippen LogP contribution < -0.4 is 20.3 Å². The summed E-state index contributed by atoms with van der Waals surface area (Å²) in [4.78, 5) is 11.2. The van der Waals surface area contributed by atoms with Crippen molar-refractivity contribution >= 4 is 35.8 Å². The van der Waals surface area contributed by atoms with Gasteiger partial charge in [0.2, 0.25) is 0 Å². The summed E-state index contributed by atoms with van der Waals surface area (Å²) in [7, 11) is 3.46. The average Bonchev–Trinajstić information content (AvgIpc) is 3.23. The van der Waals surface area contributed by atoms with Gasteiger partial charge < -0.3 is 20.3 Å². The summed E-state index contributed by atoms with van der Waals surface area (Å²) in [5, 5.41) is 6.64. The maximum Gasteiger partial charge on any atom is 0.191 e. The van der Waals surface area contributed by atoms with Gasteiger partial charge >= 0.3 is 0 Å². The Hall–Kier alpha value is -2.03. The molecule has 2 N–H and O–H groups in total. The molecule has 0 spiro atoms. The molecule has 0 radical (unpaired) electrons. The van der Waals surface area contributed by atoms with Crippen LogP contribution in [-0.2, 0) is 13.1 Å². The number of methoxy groups -OCH3 is 1. The van der Waals surface area contributed by atoms with E-state index < -0.39 is 0 Å². The van der Waals surface area contributed by atoms with E-state index in [0.717, 1.165) is 41.7 Å². The van der Waals surface area contributed by atoms with E-state index in [1.165, 1.54) is 12.8 Å². The SMILES string of the molecule is CN=C(NCc1ccc(N2CCCC2)nc1)NCc1ccccc1OC.I. The van der Waals surface area contributed by atoms with Crippen molar-refractivity contribution < 1.29 is 4.74 Å². The van der Waals surface area contributed by atoms with Crippen molar-refractivity contribution in [2.24, 2.45) is 4.99 Å². The Bertz CT molecular complexity index is 729. The molecule has 0 saturated carbocycles. The maximum absolute atomic E-state index is 5.38. The molecule has 0 aliphatic carbocycles. The average molecular weight is 481 g/mol. The number of nitrogens with one attached hydrogen (secondary N) is 2. The number of pyridine rings is 1. The number of hydrogen-bond donors (Lipinski definition) is 2. The molecular weight excluding hydrogens is 453 g/mol. The molecule has 0 amide bonds. The summed E-state index contributed by atoms with van der Waals surface area (Å²) >= 11 is 0. The van der Waals surface area contributed by atoms with E-state index in [2.05, 4.69) is 37.6 Å². The number of ether oxygens (including phenoxy) is 1. The minimum absolute atomic E-state index is 0. The number of guanidine groups is 1. The van der Waals surface area contributed by atoms with Crippen LogP contribution in [0.2, 0.25) is 0 Å². The van der Waals surface area contributed by atoms with E-state index in [0.29, 0.717) is 13.1 Å². The molecule has 1 aromatic heterocycles. The first-order valence-electron chi connectivity index (χ1n) is 9.06. The maximum atomic E-state index is 5.38. The Labute approximate surface area is 178 Å². The van der Waals surface area contributed by atoms with Gasteiger partial charge in [-0.15, -0.1) is 24.0 Å². The molecule has 1 aromatic carbocycles. The quantitative estimate of drug-likeness (QED) is 0.377. The smallest absolute Gasteiger partial charge is 0.191 e. The third-order valence-electron chi connectivity index (χ3n) is 4.56. The summed E-state index contributed by atoms with van der Waals surface area (Å²) in [6.45, 7) is 3.56. The predicted octanol–water partition coefficient (Wildman–Crippen LogP) is 3.17. The van der Waals surface area contributed by atoms with Gasteiger partial charge in [0.25, 0.3) is 0 Å². The molecule has 2 heterocycles. The molecular formula is C20H28IN5O. The molecule has 6 nitrogen and oxygen atoms in total. The fourth-order valence-electron chi connectivity index (χ4n) is 3.09. The van der Waals surface area contributed by atoms with Crippen molar-refractivity contribution in [2.45, 2.75) is 25.9 Å². The third kappa shape index (κ3) is 5.98. The van der Waals surface area contributed by atoms with Gasteiger partial charge in [-0.3, -0.25) is 4.99 Å². The van der Waals surface area contributed by atoms with Crippen LogP contribution in [-0.4, -0.2) is 38.2 Å². The normalized spacial score (nSPS) is 13.9. The second-order valence-corrected chi connectivity index (χ2v) is 6.31. The number of benzene rings is 1. The zero-order chi connectivity index (χ0) is 18.2. The molecule has 0 atom stereocenters. The molecule has 1 fully saturated rings. The minimum Gasteiger partial charge on any atom is -0.496 e. The second-order valence-electron chi connectivity index (χ2n) is 6.31. The van der Waals surface area contributed by atoms with E-state index in [4.69, 9.17) is 4.74 Å². The molecule has 3 rings (SSSR count). The lowest BCUT2D eigenvalue weighted by Crippen LogP contribution is -2.36. The summed E-state index contributed by atoms with van der Waals surface area (Å²) in [5.41, 5.74) is 2.22. The zero-order valence-corrected chi connectivity index (χ0v) is 18.3. The number of aromatic nitrogens is 1. The van der Waals surface area contributed by atoms with Gasteiger partial charge in [-0.2, -0.15) is 0 Å². The van der Waals surface area contributed by atoms with E-state index in [1.807, 2.05) is 30.5 Å². The summed E-state index contributed by atoms with van der Waals surface area (Å²) in [6.07, 6.45) is 4.46. The Balaban J connectivity index is 0.00000261. The minimum atomic E-state index is 0. The van der Waals surface area contributed by atoms with Crippen LogP contribution in [0.4, 0.5) is 5.82 Å². The van der Waals surface area contributed by atoms with Crippen molar-refractivity contribution in [1.82, 2.24) is 15.6 Å². The summed E-state index contributed by atoms with van der Waals surface area (Å²) in [5.74, 6) is 2.70. The molecule has 0 unspecified atom stereocenters. The van der Waals surface area contributed by atoms with Crippen molar-refractivity contribution in [1.29, 1.82) is 0 Å². The Morgan fingerprint density at radius 3 is 2.52 bits per heavy atom. The molecule has 2 aromatic rings. The lowest BCUT2D eigenvalue weighted by molar-refractivity contribution is 0.409. The number of nitrogens with zero attached hydrogens (tertiary/aromatic N) is 3. The number of hydrogen-bond acceptors (Lipinski definition) is 4. The number of halogens is 1. The fraction of sp³-hybridized carbons (Fsp3) is 0.400. The van der Waals surface area contributed by atoms with E-state index >= 15 is 0 Å². The molecule has 7 heteroatoms. The Morgan fingerprint density at radius 1 is 1.11 bits per heavy atom. The van der Waals surface area contributed by atoms with Crippen LogP contribution in [0.1, 0.15) is 24.0 Å². The van der Waals surface area contributed by atoms with Gasteiger partial charge in [-0.1, -0.05) is 24.3 Å². The third-order valence-corrected chi connectivity index (χ3v) is 4.56. The monoisotopic (exact) mass is 481 g/mol. The fourth-order valence-corrected chi connectivity index (χ4v) is 3.09. The highest BCUT2D eigenvalue weighted by Gasteiger charge is 2.13. The van der Waals surface area contributed by atoms with Gasteiger partial charge in [-0.05, 0) is 30.5 Å². The standard InChI is InChI=1S/C20H27N5O.HI/c1-21-20(24-15-17-7-3-4-8-18(17)26-2)23-14-16-9-10-19(22-13-16)25-11-5-6-12-25;/h3-4,7-10,13H,5-6,11-12,14-15H2,1-2H3,(H2,21,23,24);1H. The zero-order valence-electron chi connectivity index (χ0n) is 15.9. The first-order valence-corrected chi connectivity index (χ1v) is 9.06. The van der Waals surface area contributed by atoms with E-state index in [9.17, 15) is 0 Å². The number of anilines is 1. The van der Waals surface area contributed by atoms with Crippen LogP contribution in [0.3, 0.4) is 0 Å². The van der Waals surface area contributed by atoms with Gasteiger partial charge in [0, 0.05) is 45.0 Å². The highest BCUT2D eigenvalue weighted by Crippen LogP contribution is 2.18. The topological polar surface area (TPSA) is 61.8 Å². The highest BCUT2D eigenvalue weighted by molar-refractivity contribution is 14.0. The highest BCUT2D eigenvalue weighted by atomic mass is 127.